The number of rotatable bonds is 6. The zero-order valence-corrected chi connectivity index (χ0v) is 15.2. The maximum atomic E-state index is 12.8. The Kier molecular flexibility index (Phi) is 5.19. The van der Waals surface area contributed by atoms with E-state index in [9.17, 15) is 22.8 Å². The summed E-state index contributed by atoms with van der Waals surface area (Å²) in [5, 5.41) is 15.5. The molecule has 3 N–H and O–H groups in total. The molecule has 0 saturated heterocycles. The first-order chi connectivity index (χ1) is 13.6. The van der Waals surface area contributed by atoms with Crippen molar-refractivity contribution in [3.05, 3.63) is 40.6 Å². The van der Waals surface area contributed by atoms with E-state index < -0.39 is 24.6 Å². The molecule has 3 rings (SSSR count). The Morgan fingerprint density at radius 1 is 1.38 bits per heavy atom. The van der Waals surface area contributed by atoms with Gasteiger partial charge in [0.1, 0.15) is 5.69 Å². The van der Waals surface area contributed by atoms with Gasteiger partial charge in [-0.3, -0.25) is 14.3 Å². The van der Waals surface area contributed by atoms with Gasteiger partial charge in [-0.05, 0) is 37.5 Å². The molecule has 1 aromatic heterocycles. The van der Waals surface area contributed by atoms with Gasteiger partial charge in [0.2, 0.25) is 5.88 Å². The third-order valence-corrected chi connectivity index (χ3v) is 4.19. The van der Waals surface area contributed by atoms with E-state index in [0.29, 0.717) is 5.56 Å². The number of nitrogens with zero attached hydrogens (tertiary/aromatic N) is 3. The molecule has 152 valence electrons. The van der Waals surface area contributed by atoms with E-state index in [2.05, 4.69) is 15.2 Å². The molecule has 1 heterocycles. The van der Waals surface area contributed by atoms with Crippen LogP contribution < -0.4 is 15.8 Å². The Morgan fingerprint density at radius 3 is 2.62 bits per heavy atom. The third kappa shape index (κ3) is 4.66. The summed E-state index contributed by atoms with van der Waals surface area (Å²) in [5.74, 6) is -1.86. The maximum Gasteiger partial charge on any atom is 0.422 e. The van der Waals surface area contributed by atoms with Crippen LogP contribution in [0.2, 0.25) is 0 Å². The number of nitriles is 1. The molecule has 0 atom stereocenters. The normalized spacial score (nSPS) is 13.6. The first-order valence-electron chi connectivity index (χ1n) is 8.54. The first kappa shape index (κ1) is 20.2. The summed E-state index contributed by atoms with van der Waals surface area (Å²) >= 11 is 0. The van der Waals surface area contributed by atoms with Crippen LogP contribution in [0.15, 0.2) is 18.2 Å². The van der Waals surface area contributed by atoms with Gasteiger partial charge in [-0.25, -0.2) is 0 Å². The molecule has 0 unspecified atom stereocenters. The lowest BCUT2D eigenvalue weighted by atomic mass is 10.0. The molecule has 0 bridgehead atoms. The van der Waals surface area contributed by atoms with E-state index in [1.807, 2.05) is 6.07 Å². The van der Waals surface area contributed by atoms with Crippen LogP contribution in [0.4, 0.5) is 18.9 Å². The van der Waals surface area contributed by atoms with Gasteiger partial charge in [-0.15, -0.1) is 5.10 Å². The van der Waals surface area contributed by atoms with Gasteiger partial charge in [-0.2, -0.15) is 18.4 Å². The summed E-state index contributed by atoms with van der Waals surface area (Å²) in [6.07, 6.45) is -3.09. The summed E-state index contributed by atoms with van der Waals surface area (Å²) in [4.78, 5) is 24.5. The Balaban J connectivity index is 1.91. The molecular formula is C18H16F3N5O3. The van der Waals surface area contributed by atoms with Crippen LogP contribution >= 0.6 is 0 Å². The average molecular weight is 407 g/mol. The monoisotopic (exact) mass is 407 g/mol. The summed E-state index contributed by atoms with van der Waals surface area (Å²) in [6.45, 7) is 0.0508. The molecule has 1 aliphatic rings. The van der Waals surface area contributed by atoms with Crippen molar-refractivity contribution in [2.45, 2.75) is 32.0 Å². The molecule has 8 nitrogen and oxygen atoms in total. The summed E-state index contributed by atoms with van der Waals surface area (Å²) < 4.78 is 43.1. The van der Waals surface area contributed by atoms with E-state index in [1.165, 1.54) is 16.8 Å². The van der Waals surface area contributed by atoms with Gasteiger partial charge in [0.05, 0.1) is 28.9 Å². The topological polar surface area (TPSA) is 123 Å². The van der Waals surface area contributed by atoms with E-state index >= 15 is 0 Å². The van der Waals surface area contributed by atoms with Crippen molar-refractivity contribution in [3.8, 4) is 11.9 Å². The number of amides is 2. The lowest BCUT2D eigenvalue weighted by molar-refractivity contribution is -0.154. The minimum Gasteiger partial charge on any atom is -0.467 e. The number of hydrogen-bond acceptors (Lipinski definition) is 5. The summed E-state index contributed by atoms with van der Waals surface area (Å²) in [5.41, 5.74) is 6.02. The number of primary amides is 1. The lowest BCUT2D eigenvalue weighted by Gasteiger charge is -2.13. The third-order valence-electron chi connectivity index (χ3n) is 4.19. The van der Waals surface area contributed by atoms with Crippen LogP contribution in [0.3, 0.4) is 0 Å². The van der Waals surface area contributed by atoms with Gasteiger partial charge in [0.25, 0.3) is 11.8 Å². The number of aromatic nitrogens is 2. The minimum atomic E-state index is -4.54. The molecule has 0 spiro atoms. The van der Waals surface area contributed by atoms with Gasteiger partial charge < -0.3 is 15.8 Å². The van der Waals surface area contributed by atoms with Crippen molar-refractivity contribution in [2.24, 2.45) is 5.73 Å². The molecule has 1 aromatic carbocycles. The largest absolute Gasteiger partial charge is 0.467 e. The van der Waals surface area contributed by atoms with Crippen molar-refractivity contribution in [1.29, 1.82) is 5.26 Å². The lowest BCUT2D eigenvalue weighted by Crippen LogP contribution is -2.21. The predicted molar refractivity (Wildman–Crippen MR) is 94.4 cm³/mol. The summed E-state index contributed by atoms with van der Waals surface area (Å²) in [7, 11) is 0. The molecule has 11 heteroatoms. The van der Waals surface area contributed by atoms with Crippen LogP contribution in [0, 0.1) is 18.3 Å². The quantitative estimate of drug-likeness (QED) is 0.762. The van der Waals surface area contributed by atoms with Gasteiger partial charge >= 0.3 is 6.18 Å². The minimum absolute atomic E-state index is 0.0103. The predicted octanol–water partition coefficient (Wildman–Crippen LogP) is 2.69. The molecule has 1 fully saturated rings. The fourth-order valence-corrected chi connectivity index (χ4v) is 2.75. The molecule has 1 saturated carbocycles. The van der Waals surface area contributed by atoms with Crippen LogP contribution in [0.25, 0.3) is 0 Å². The Labute approximate surface area is 163 Å². The maximum absolute atomic E-state index is 12.8. The number of nitrogens with one attached hydrogen (secondary N) is 1. The highest BCUT2D eigenvalue weighted by molar-refractivity contribution is 6.09. The Bertz CT molecular complexity index is 1020. The highest BCUT2D eigenvalue weighted by atomic mass is 19.4. The van der Waals surface area contributed by atoms with Crippen LogP contribution in [-0.2, 0) is 0 Å². The second-order valence-corrected chi connectivity index (χ2v) is 6.59. The molecule has 0 aliphatic heterocycles. The average Bonchev–Trinajstić information content (AvgIpc) is 3.39. The summed E-state index contributed by atoms with van der Waals surface area (Å²) in [6, 6.07) is 5.61. The standard InChI is InChI=1S/C18H16F3N5O3/c1-9-4-10(7-22)5-12(16(23)27)15(9)24-17(28)13-6-14(29-8-18(19,20)21)25-26(13)11-2-3-11/h4-6,11H,2-3,8H2,1H3,(H2,23,27)(H,24,28). The van der Waals surface area contributed by atoms with Gasteiger partial charge in [-0.1, -0.05) is 0 Å². The van der Waals surface area contributed by atoms with Crippen molar-refractivity contribution in [1.82, 2.24) is 9.78 Å². The smallest absolute Gasteiger partial charge is 0.422 e. The van der Waals surface area contributed by atoms with E-state index in [4.69, 9.17) is 11.0 Å². The number of ether oxygens (including phenoxy) is 1. The number of anilines is 1. The van der Waals surface area contributed by atoms with Crippen molar-refractivity contribution in [3.63, 3.8) is 0 Å². The van der Waals surface area contributed by atoms with Crippen molar-refractivity contribution < 1.29 is 27.5 Å². The Morgan fingerprint density at radius 2 is 2.07 bits per heavy atom. The number of hydrogen-bond donors (Lipinski definition) is 2. The second-order valence-electron chi connectivity index (χ2n) is 6.59. The van der Waals surface area contributed by atoms with Gasteiger partial charge in [0, 0.05) is 6.07 Å². The highest BCUT2D eigenvalue weighted by Gasteiger charge is 2.33. The van der Waals surface area contributed by atoms with Crippen molar-refractivity contribution in [2.75, 3.05) is 11.9 Å². The highest BCUT2D eigenvalue weighted by Crippen LogP contribution is 2.37. The number of aryl methyl sites for hydroxylation is 1. The van der Waals surface area contributed by atoms with Crippen LogP contribution in [-0.4, -0.2) is 34.4 Å². The number of nitrogens with two attached hydrogens (primary N) is 1. The number of carbonyl (C=O) groups is 2. The molecule has 0 radical (unpaired) electrons. The van der Waals surface area contributed by atoms with Gasteiger partial charge in [0.15, 0.2) is 6.61 Å². The number of alkyl halides is 3. The first-order valence-corrected chi connectivity index (χ1v) is 8.54. The SMILES string of the molecule is Cc1cc(C#N)cc(C(N)=O)c1NC(=O)c1cc(OCC(F)(F)F)nn1C1CC1. The zero-order chi connectivity index (χ0) is 21.3. The second kappa shape index (κ2) is 7.46. The molecule has 29 heavy (non-hydrogen) atoms. The number of halogens is 3. The van der Waals surface area contributed by atoms with Crippen LogP contribution in [0.5, 0.6) is 5.88 Å². The molecular weight excluding hydrogens is 391 g/mol. The van der Waals surface area contributed by atoms with E-state index in [-0.39, 0.29) is 34.4 Å². The fourth-order valence-electron chi connectivity index (χ4n) is 2.75. The number of carbonyl (C=O) groups excluding carboxylic acids is 2. The fraction of sp³-hybridized carbons (Fsp3) is 0.333. The van der Waals surface area contributed by atoms with E-state index in [1.54, 1.807) is 6.92 Å². The Hall–Kier alpha value is -3.55. The zero-order valence-electron chi connectivity index (χ0n) is 15.2. The molecule has 2 aromatic rings. The number of benzene rings is 1. The van der Waals surface area contributed by atoms with Crippen LogP contribution in [0.1, 0.15) is 50.9 Å². The molecule has 1 aliphatic carbocycles. The van der Waals surface area contributed by atoms with Crippen molar-refractivity contribution >= 4 is 17.5 Å². The molecule has 2 amide bonds. The van der Waals surface area contributed by atoms with E-state index in [0.717, 1.165) is 18.9 Å².